The van der Waals surface area contributed by atoms with Crippen LogP contribution < -0.4 is 9.47 Å². The number of fused-ring (bicyclic) bond motifs is 1. The van der Waals surface area contributed by atoms with Gasteiger partial charge in [-0.25, -0.2) is 8.42 Å². The summed E-state index contributed by atoms with van der Waals surface area (Å²) >= 11 is 0. The van der Waals surface area contributed by atoms with E-state index >= 15 is 0 Å². The number of aryl methyl sites for hydroxylation is 1. The van der Waals surface area contributed by atoms with Gasteiger partial charge in [0, 0.05) is 25.2 Å². The molecule has 2 aromatic rings. The molecular formula is C25H30N2O5S. The van der Waals surface area contributed by atoms with E-state index < -0.39 is 10.0 Å². The van der Waals surface area contributed by atoms with Gasteiger partial charge in [0.2, 0.25) is 10.0 Å². The summed E-state index contributed by atoms with van der Waals surface area (Å²) in [5.41, 5.74) is 2.25. The van der Waals surface area contributed by atoms with E-state index in [1.165, 1.54) is 0 Å². The topological polar surface area (TPSA) is 76.2 Å². The zero-order valence-corrected chi connectivity index (χ0v) is 19.8. The number of sulfonamides is 1. The molecule has 0 saturated carbocycles. The number of hydrogen-bond acceptors (Lipinski definition) is 5. The highest BCUT2D eigenvalue weighted by Gasteiger charge is 2.33. The van der Waals surface area contributed by atoms with Crippen molar-refractivity contribution in [3.63, 3.8) is 0 Å². The Morgan fingerprint density at radius 3 is 2.45 bits per heavy atom. The van der Waals surface area contributed by atoms with E-state index in [9.17, 15) is 13.2 Å². The second kappa shape index (κ2) is 8.99. The summed E-state index contributed by atoms with van der Waals surface area (Å²) in [6, 6.07) is 10.7. The smallest absolute Gasteiger partial charge is 0.254 e. The van der Waals surface area contributed by atoms with Crippen LogP contribution in [0.3, 0.4) is 0 Å². The third-order valence-corrected chi connectivity index (χ3v) is 8.75. The van der Waals surface area contributed by atoms with Crippen LogP contribution in [0, 0.1) is 6.92 Å². The second-order valence-electron chi connectivity index (χ2n) is 9.00. The van der Waals surface area contributed by atoms with E-state index in [-0.39, 0.29) is 16.8 Å². The monoisotopic (exact) mass is 470 g/mol. The van der Waals surface area contributed by atoms with Crippen molar-refractivity contribution in [3.05, 3.63) is 53.1 Å². The summed E-state index contributed by atoms with van der Waals surface area (Å²) in [6.07, 6.45) is 4.56. The molecule has 2 aromatic carbocycles. The average molecular weight is 471 g/mol. The zero-order valence-electron chi connectivity index (χ0n) is 19.0. The fraction of sp³-hybridized carbons (Fsp3) is 0.480. The average Bonchev–Trinajstić information content (AvgIpc) is 3.34. The number of ether oxygens (including phenoxy) is 2. The standard InChI is InChI=1S/C25H30N2O5S/c1-18-7-9-20(33(29,30)26-11-3-2-4-12-26)17-21(18)25(28)27-13-5-6-22(27)19-8-10-23-24(16-19)32-15-14-31-23/h7-10,16-17,22H,2-6,11-15H2,1H3. The van der Waals surface area contributed by atoms with Crippen molar-refractivity contribution < 1.29 is 22.7 Å². The Hall–Kier alpha value is -2.58. The molecule has 0 N–H and O–H groups in total. The number of likely N-dealkylation sites (tertiary alicyclic amines) is 1. The Morgan fingerprint density at radius 2 is 1.67 bits per heavy atom. The Morgan fingerprint density at radius 1 is 0.909 bits per heavy atom. The largest absolute Gasteiger partial charge is 0.486 e. The molecule has 2 saturated heterocycles. The minimum absolute atomic E-state index is 0.0740. The molecule has 5 rings (SSSR count). The number of piperidine rings is 1. The fourth-order valence-corrected chi connectivity index (χ4v) is 6.57. The Labute approximate surface area is 195 Å². The van der Waals surface area contributed by atoms with E-state index in [1.807, 2.05) is 30.0 Å². The molecule has 0 radical (unpaired) electrons. The van der Waals surface area contributed by atoms with Crippen LogP contribution >= 0.6 is 0 Å². The number of rotatable bonds is 4. The van der Waals surface area contributed by atoms with Gasteiger partial charge in [-0.3, -0.25) is 4.79 Å². The summed E-state index contributed by atoms with van der Waals surface area (Å²) < 4.78 is 39.3. The van der Waals surface area contributed by atoms with Gasteiger partial charge in [0.15, 0.2) is 11.5 Å². The molecule has 7 nitrogen and oxygen atoms in total. The van der Waals surface area contributed by atoms with Gasteiger partial charge in [0.05, 0.1) is 10.9 Å². The zero-order chi connectivity index (χ0) is 23.0. The lowest BCUT2D eigenvalue weighted by Gasteiger charge is -2.28. The maximum Gasteiger partial charge on any atom is 0.254 e. The molecule has 3 aliphatic heterocycles. The summed E-state index contributed by atoms with van der Waals surface area (Å²) in [5, 5.41) is 0. The molecule has 176 valence electrons. The van der Waals surface area contributed by atoms with Crippen LogP contribution in [0.2, 0.25) is 0 Å². The quantitative estimate of drug-likeness (QED) is 0.677. The van der Waals surface area contributed by atoms with Gasteiger partial charge in [0.25, 0.3) is 5.91 Å². The molecule has 0 aliphatic carbocycles. The van der Waals surface area contributed by atoms with Crippen molar-refractivity contribution in [2.45, 2.75) is 50.0 Å². The van der Waals surface area contributed by atoms with Gasteiger partial charge < -0.3 is 14.4 Å². The van der Waals surface area contributed by atoms with Gasteiger partial charge in [0.1, 0.15) is 13.2 Å². The van der Waals surface area contributed by atoms with Crippen LogP contribution in [0.25, 0.3) is 0 Å². The fourth-order valence-electron chi connectivity index (χ4n) is 5.02. The van der Waals surface area contributed by atoms with E-state index in [0.29, 0.717) is 44.2 Å². The van der Waals surface area contributed by atoms with Crippen molar-refractivity contribution in [1.29, 1.82) is 0 Å². The predicted molar refractivity (Wildman–Crippen MR) is 124 cm³/mol. The van der Waals surface area contributed by atoms with Gasteiger partial charge in [-0.05, 0) is 68.0 Å². The van der Waals surface area contributed by atoms with Crippen molar-refractivity contribution in [1.82, 2.24) is 9.21 Å². The van der Waals surface area contributed by atoms with E-state index in [4.69, 9.17) is 9.47 Å². The SMILES string of the molecule is Cc1ccc(S(=O)(=O)N2CCCCC2)cc1C(=O)N1CCCC1c1ccc2c(c1)OCCO2. The molecular weight excluding hydrogens is 440 g/mol. The van der Waals surface area contributed by atoms with Crippen LogP contribution in [0.5, 0.6) is 11.5 Å². The first-order valence-corrected chi connectivity index (χ1v) is 13.2. The molecule has 0 spiro atoms. The highest BCUT2D eigenvalue weighted by Crippen LogP contribution is 2.39. The first-order chi connectivity index (χ1) is 15.9. The number of hydrogen-bond donors (Lipinski definition) is 0. The van der Waals surface area contributed by atoms with Crippen LogP contribution in [0.1, 0.15) is 59.6 Å². The van der Waals surface area contributed by atoms with Crippen molar-refractivity contribution in [2.75, 3.05) is 32.8 Å². The van der Waals surface area contributed by atoms with E-state index in [2.05, 4.69) is 0 Å². The third kappa shape index (κ3) is 4.22. The lowest BCUT2D eigenvalue weighted by molar-refractivity contribution is 0.0734. The van der Waals surface area contributed by atoms with Crippen molar-refractivity contribution in [2.24, 2.45) is 0 Å². The number of carbonyl (C=O) groups is 1. The second-order valence-corrected chi connectivity index (χ2v) is 10.9. The first-order valence-electron chi connectivity index (χ1n) is 11.8. The molecule has 3 heterocycles. The molecule has 1 amide bonds. The summed E-state index contributed by atoms with van der Waals surface area (Å²) in [4.78, 5) is 15.7. The number of nitrogens with zero attached hydrogens (tertiary/aromatic N) is 2. The molecule has 2 fully saturated rings. The highest BCUT2D eigenvalue weighted by molar-refractivity contribution is 7.89. The number of benzene rings is 2. The van der Waals surface area contributed by atoms with Crippen molar-refractivity contribution >= 4 is 15.9 Å². The first kappa shape index (κ1) is 22.2. The molecule has 1 unspecified atom stereocenters. The Kier molecular flexibility index (Phi) is 6.05. The molecule has 0 aromatic heterocycles. The predicted octanol–water partition coefficient (Wildman–Crippen LogP) is 3.92. The maximum absolute atomic E-state index is 13.7. The lowest BCUT2D eigenvalue weighted by Crippen LogP contribution is -2.36. The molecule has 0 bridgehead atoms. The van der Waals surface area contributed by atoms with Crippen LogP contribution in [-0.2, 0) is 10.0 Å². The van der Waals surface area contributed by atoms with E-state index in [1.54, 1.807) is 22.5 Å². The van der Waals surface area contributed by atoms with Gasteiger partial charge in [-0.15, -0.1) is 0 Å². The molecule has 1 atom stereocenters. The lowest BCUT2D eigenvalue weighted by atomic mass is 10.0. The van der Waals surface area contributed by atoms with Gasteiger partial charge >= 0.3 is 0 Å². The van der Waals surface area contributed by atoms with Crippen LogP contribution in [0.4, 0.5) is 0 Å². The van der Waals surface area contributed by atoms with Crippen molar-refractivity contribution in [3.8, 4) is 11.5 Å². The Balaban J connectivity index is 1.43. The van der Waals surface area contributed by atoms with Crippen LogP contribution in [0.15, 0.2) is 41.3 Å². The molecule has 8 heteroatoms. The van der Waals surface area contributed by atoms with E-state index in [0.717, 1.165) is 49.0 Å². The number of amides is 1. The number of carbonyl (C=O) groups excluding carboxylic acids is 1. The molecule has 33 heavy (non-hydrogen) atoms. The summed E-state index contributed by atoms with van der Waals surface area (Å²) in [5.74, 6) is 1.32. The Bertz CT molecular complexity index is 1160. The third-order valence-electron chi connectivity index (χ3n) is 6.86. The van der Waals surface area contributed by atoms with Crippen LogP contribution in [-0.4, -0.2) is 56.4 Å². The van der Waals surface area contributed by atoms with Gasteiger partial charge in [-0.2, -0.15) is 4.31 Å². The normalized spacial score (nSPS) is 21.2. The summed E-state index contributed by atoms with van der Waals surface area (Å²) in [7, 11) is -3.60. The summed E-state index contributed by atoms with van der Waals surface area (Å²) in [6.45, 7) is 4.63. The minimum Gasteiger partial charge on any atom is -0.486 e. The maximum atomic E-state index is 13.7. The highest BCUT2D eigenvalue weighted by atomic mass is 32.2. The van der Waals surface area contributed by atoms with Gasteiger partial charge in [-0.1, -0.05) is 18.6 Å². The minimum atomic E-state index is -3.60. The molecule has 3 aliphatic rings.